The Morgan fingerprint density at radius 2 is 1.93 bits per heavy atom. The van der Waals surface area contributed by atoms with Crippen molar-refractivity contribution in [3.05, 3.63) is 77.6 Å². The van der Waals surface area contributed by atoms with Crippen LogP contribution in [0.3, 0.4) is 0 Å². The van der Waals surface area contributed by atoms with Gasteiger partial charge in [-0.05, 0) is 41.0 Å². The van der Waals surface area contributed by atoms with Crippen molar-refractivity contribution in [2.45, 2.75) is 19.4 Å². The summed E-state index contributed by atoms with van der Waals surface area (Å²) in [6.07, 6.45) is 3.68. The fourth-order valence-corrected chi connectivity index (χ4v) is 3.38. The molecule has 4 rings (SSSR count). The summed E-state index contributed by atoms with van der Waals surface area (Å²) in [5.74, 6) is -0.528. The molecular formula is C23H22N4O3. The van der Waals surface area contributed by atoms with E-state index in [0.29, 0.717) is 24.3 Å². The summed E-state index contributed by atoms with van der Waals surface area (Å²) in [5.41, 5.74) is 2.60. The minimum atomic E-state index is -0.423. The predicted octanol–water partition coefficient (Wildman–Crippen LogP) is 2.91. The molecule has 2 heterocycles. The molecule has 152 valence electrons. The topological polar surface area (TPSA) is 92.7 Å². The third kappa shape index (κ3) is 4.30. The third-order valence-corrected chi connectivity index (χ3v) is 5.10. The van der Waals surface area contributed by atoms with Crippen LogP contribution in [0.15, 0.2) is 66.1 Å². The first-order chi connectivity index (χ1) is 14.6. The van der Waals surface area contributed by atoms with Gasteiger partial charge in [-0.3, -0.25) is 14.6 Å². The molecular weight excluding hydrogens is 380 g/mol. The molecule has 7 nitrogen and oxygen atoms in total. The molecule has 0 bridgehead atoms. The second kappa shape index (κ2) is 8.73. The lowest BCUT2D eigenvalue weighted by molar-refractivity contribution is -0.115. The van der Waals surface area contributed by atoms with Crippen LogP contribution in [0.25, 0.3) is 10.8 Å². The van der Waals surface area contributed by atoms with Crippen molar-refractivity contribution in [1.82, 2.24) is 15.6 Å². The molecule has 2 amide bonds. The number of carbonyl (C=O) groups is 2. The van der Waals surface area contributed by atoms with Crippen molar-refractivity contribution in [1.29, 1.82) is 0 Å². The van der Waals surface area contributed by atoms with Gasteiger partial charge in [-0.15, -0.1) is 0 Å². The number of hydrogen-bond donors (Lipinski definition) is 2. The van der Waals surface area contributed by atoms with Gasteiger partial charge in [-0.2, -0.15) is 0 Å². The number of amides is 2. The van der Waals surface area contributed by atoms with Crippen LogP contribution in [0.1, 0.15) is 33.9 Å². The van der Waals surface area contributed by atoms with E-state index in [2.05, 4.69) is 20.8 Å². The van der Waals surface area contributed by atoms with Crippen molar-refractivity contribution < 1.29 is 14.4 Å². The SMILES string of the molecule is Cc1ccncc1C(=O)NC(CNC(=O)C1=NOCC1)c1ccc2ccccc2c1. The van der Waals surface area contributed by atoms with Crippen molar-refractivity contribution in [3.8, 4) is 0 Å². The average Bonchev–Trinajstić information content (AvgIpc) is 3.31. The lowest BCUT2D eigenvalue weighted by Gasteiger charge is -2.21. The van der Waals surface area contributed by atoms with E-state index in [9.17, 15) is 9.59 Å². The van der Waals surface area contributed by atoms with E-state index in [1.54, 1.807) is 18.5 Å². The maximum Gasteiger partial charge on any atom is 0.269 e. The highest BCUT2D eigenvalue weighted by Crippen LogP contribution is 2.21. The van der Waals surface area contributed by atoms with E-state index in [0.717, 1.165) is 21.9 Å². The number of carbonyl (C=O) groups excluding carboxylic acids is 2. The Bertz CT molecular complexity index is 1130. The summed E-state index contributed by atoms with van der Waals surface area (Å²) in [5, 5.41) is 11.8. The molecule has 1 unspecified atom stereocenters. The molecule has 30 heavy (non-hydrogen) atoms. The molecule has 7 heteroatoms. The number of aromatic nitrogens is 1. The molecule has 1 aliphatic rings. The van der Waals surface area contributed by atoms with Gasteiger partial charge in [0.25, 0.3) is 11.8 Å². The van der Waals surface area contributed by atoms with Gasteiger partial charge in [0.1, 0.15) is 12.3 Å². The second-order valence-electron chi connectivity index (χ2n) is 7.15. The highest BCUT2D eigenvalue weighted by Gasteiger charge is 2.21. The molecule has 0 saturated carbocycles. The summed E-state index contributed by atoms with van der Waals surface area (Å²) >= 11 is 0. The minimum Gasteiger partial charge on any atom is -0.395 e. The number of nitrogens with one attached hydrogen (secondary N) is 2. The number of nitrogens with zero attached hydrogens (tertiary/aromatic N) is 2. The summed E-state index contributed by atoms with van der Waals surface area (Å²) < 4.78 is 0. The van der Waals surface area contributed by atoms with E-state index in [1.807, 2.05) is 49.4 Å². The Hall–Kier alpha value is -3.74. The van der Waals surface area contributed by atoms with Crippen LogP contribution in [0.2, 0.25) is 0 Å². The summed E-state index contributed by atoms with van der Waals surface area (Å²) in [6, 6.07) is 15.4. The number of hydrogen-bond acceptors (Lipinski definition) is 5. The summed E-state index contributed by atoms with van der Waals surface area (Å²) in [7, 11) is 0. The normalized spacial score (nSPS) is 14.0. The smallest absolute Gasteiger partial charge is 0.269 e. The lowest BCUT2D eigenvalue weighted by Crippen LogP contribution is -2.40. The Kier molecular flexibility index (Phi) is 5.70. The summed E-state index contributed by atoms with van der Waals surface area (Å²) in [4.78, 5) is 34.2. The highest BCUT2D eigenvalue weighted by molar-refractivity contribution is 6.39. The maximum absolute atomic E-state index is 12.9. The third-order valence-electron chi connectivity index (χ3n) is 5.10. The molecule has 0 fully saturated rings. The van der Waals surface area contributed by atoms with E-state index < -0.39 is 6.04 Å². The molecule has 0 aliphatic carbocycles. The zero-order valence-electron chi connectivity index (χ0n) is 16.6. The number of benzene rings is 2. The van der Waals surface area contributed by atoms with Crippen LogP contribution in [-0.4, -0.2) is 35.7 Å². The Balaban J connectivity index is 1.58. The van der Waals surface area contributed by atoms with Crippen LogP contribution < -0.4 is 10.6 Å². The molecule has 1 atom stereocenters. The lowest BCUT2D eigenvalue weighted by atomic mass is 10.0. The molecule has 1 aromatic heterocycles. The first-order valence-corrected chi connectivity index (χ1v) is 9.79. The molecule has 0 spiro atoms. The fraction of sp³-hybridized carbons (Fsp3) is 0.217. The van der Waals surface area contributed by atoms with Crippen LogP contribution in [-0.2, 0) is 9.63 Å². The van der Waals surface area contributed by atoms with Crippen molar-refractivity contribution in [3.63, 3.8) is 0 Å². The van der Waals surface area contributed by atoms with Gasteiger partial charge in [0.15, 0.2) is 0 Å². The van der Waals surface area contributed by atoms with E-state index >= 15 is 0 Å². The molecule has 0 radical (unpaired) electrons. The number of fused-ring (bicyclic) bond motifs is 1. The highest BCUT2D eigenvalue weighted by atomic mass is 16.6. The quantitative estimate of drug-likeness (QED) is 0.663. The minimum absolute atomic E-state index is 0.223. The van der Waals surface area contributed by atoms with Gasteiger partial charge in [0, 0.05) is 25.4 Å². The van der Waals surface area contributed by atoms with Crippen LogP contribution in [0.4, 0.5) is 0 Å². The van der Waals surface area contributed by atoms with Crippen molar-refractivity contribution in [2.24, 2.45) is 5.16 Å². The zero-order chi connectivity index (χ0) is 20.9. The van der Waals surface area contributed by atoms with Gasteiger partial charge in [0.2, 0.25) is 0 Å². The molecule has 1 aliphatic heterocycles. The number of oxime groups is 1. The van der Waals surface area contributed by atoms with Gasteiger partial charge in [-0.25, -0.2) is 0 Å². The number of aryl methyl sites for hydroxylation is 1. The average molecular weight is 402 g/mol. The van der Waals surface area contributed by atoms with Crippen molar-refractivity contribution >= 4 is 28.3 Å². The van der Waals surface area contributed by atoms with E-state index in [1.165, 1.54) is 0 Å². The van der Waals surface area contributed by atoms with Crippen molar-refractivity contribution in [2.75, 3.05) is 13.2 Å². The second-order valence-corrected chi connectivity index (χ2v) is 7.15. The monoisotopic (exact) mass is 402 g/mol. The molecule has 3 aromatic rings. The van der Waals surface area contributed by atoms with Gasteiger partial charge < -0.3 is 15.5 Å². The molecule has 0 saturated heterocycles. The predicted molar refractivity (Wildman–Crippen MR) is 114 cm³/mol. The fourth-order valence-electron chi connectivity index (χ4n) is 3.38. The Labute approximate surface area is 174 Å². The summed E-state index contributed by atoms with van der Waals surface area (Å²) in [6.45, 7) is 2.50. The van der Waals surface area contributed by atoms with Crippen LogP contribution >= 0.6 is 0 Å². The standard InChI is InChI=1S/C23H22N4O3/c1-15-8-10-24-13-19(15)22(28)26-21(14-25-23(29)20-9-11-30-27-20)18-7-6-16-4-2-3-5-17(16)12-18/h2-8,10,12-13,21H,9,11,14H2,1H3,(H,25,29)(H,26,28). The van der Waals surface area contributed by atoms with Crippen LogP contribution in [0, 0.1) is 6.92 Å². The van der Waals surface area contributed by atoms with E-state index in [4.69, 9.17) is 4.84 Å². The largest absolute Gasteiger partial charge is 0.395 e. The van der Waals surface area contributed by atoms with Gasteiger partial charge in [-0.1, -0.05) is 41.6 Å². The molecule has 2 N–H and O–H groups in total. The molecule has 2 aromatic carbocycles. The zero-order valence-corrected chi connectivity index (χ0v) is 16.6. The number of rotatable bonds is 6. The first kappa shape index (κ1) is 19.6. The Morgan fingerprint density at radius 3 is 2.70 bits per heavy atom. The van der Waals surface area contributed by atoms with Crippen LogP contribution in [0.5, 0.6) is 0 Å². The van der Waals surface area contributed by atoms with Gasteiger partial charge in [0.05, 0.1) is 11.6 Å². The van der Waals surface area contributed by atoms with E-state index in [-0.39, 0.29) is 18.4 Å². The van der Waals surface area contributed by atoms with Gasteiger partial charge >= 0.3 is 0 Å². The first-order valence-electron chi connectivity index (χ1n) is 9.79. The number of pyridine rings is 1. The Morgan fingerprint density at radius 1 is 1.10 bits per heavy atom. The maximum atomic E-state index is 12.9.